The van der Waals surface area contributed by atoms with E-state index in [2.05, 4.69) is 4.90 Å². The molecule has 2 heterocycles. The molecule has 2 aromatic rings. The van der Waals surface area contributed by atoms with Gasteiger partial charge in [0.15, 0.2) is 0 Å². The maximum Gasteiger partial charge on any atom is 0.253 e. The Bertz CT molecular complexity index is 1080. The number of piperidine rings is 1. The molecule has 2 aliphatic rings. The number of benzene rings is 2. The molecule has 0 N–H and O–H groups in total. The largest absolute Gasteiger partial charge is 0.337 e. The molecule has 2 fully saturated rings. The Kier molecular flexibility index (Phi) is 7.74. The molecule has 0 unspecified atom stereocenters. The van der Waals surface area contributed by atoms with Gasteiger partial charge in [0.2, 0.25) is 10.0 Å². The fourth-order valence-corrected chi connectivity index (χ4v) is 6.51. The van der Waals surface area contributed by atoms with Crippen molar-refractivity contribution in [2.24, 2.45) is 0 Å². The van der Waals surface area contributed by atoms with E-state index in [0.29, 0.717) is 37.3 Å². The van der Waals surface area contributed by atoms with Gasteiger partial charge in [0.05, 0.1) is 4.90 Å². The summed E-state index contributed by atoms with van der Waals surface area (Å²) in [5.74, 6) is -0.0987. The zero-order valence-electron chi connectivity index (χ0n) is 19.2. The van der Waals surface area contributed by atoms with Crippen molar-refractivity contribution in [1.82, 2.24) is 14.1 Å². The molecule has 2 aliphatic heterocycles. The fourth-order valence-electron chi connectivity index (χ4n) is 4.62. The number of amides is 1. The molecule has 33 heavy (non-hydrogen) atoms. The minimum atomic E-state index is -3.59. The molecule has 0 spiro atoms. The van der Waals surface area contributed by atoms with Gasteiger partial charge >= 0.3 is 0 Å². The summed E-state index contributed by atoms with van der Waals surface area (Å²) in [7, 11) is -3.59. The highest BCUT2D eigenvalue weighted by molar-refractivity contribution is 7.89. The molecule has 0 saturated carbocycles. The SMILES string of the molecule is Cc1ccc(C(=O)N2CCCN(Cc3ccc(Cl)cc3)CC2)cc1S(=O)(=O)N1CCCCC1. The monoisotopic (exact) mass is 489 g/mol. The lowest BCUT2D eigenvalue weighted by Crippen LogP contribution is -2.37. The van der Waals surface area contributed by atoms with Crippen LogP contribution in [0.3, 0.4) is 0 Å². The van der Waals surface area contributed by atoms with Gasteiger partial charge in [-0.25, -0.2) is 8.42 Å². The third-order valence-corrected chi connectivity index (χ3v) is 8.86. The highest BCUT2D eigenvalue weighted by Crippen LogP contribution is 2.25. The van der Waals surface area contributed by atoms with E-state index in [1.807, 2.05) is 29.2 Å². The molecule has 0 bridgehead atoms. The van der Waals surface area contributed by atoms with E-state index in [9.17, 15) is 13.2 Å². The molecule has 4 rings (SSSR count). The third-order valence-electron chi connectivity index (χ3n) is 6.56. The summed E-state index contributed by atoms with van der Waals surface area (Å²) in [6.45, 7) is 6.69. The maximum absolute atomic E-state index is 13.3. The summed E-state index contributed by atoms with van der Waals surface area (Å²) in [5.41, 5.74) is 2.33. The molecule has 8 heteroatoms. The molecular weight excluding hydrogens is 458 g/mol. The van der Waals surface area contributed by atoms with Crippen molar-refractivity contribution in [3.8, 4) is 0 Å². The van der Waals surface area contributed by atoms with E-state index in [4.69, 9.17) is 11.6 Å². The normalized spacial score (nSPS) is 18.8. The van der Waals surface area contributed by atoms with Gasteiger partial charge < -0.3 is 4.90 Å². The first-order chi connectivity index (χ1) is 15.8. The van der Waals surface area contributed by atoms with Crippen LogP contribution in [0.15, 0.2) is 47.4 Å². The predicted octanol–water partition coefficient (Wildman–Crippen LogP) is 4.17. The number of sulfonamides is 1. The van der Waals surface area contributed by atoms with Crippen LogP contribution in [0.1, 0.15) is 47.2 Å². The van der Waals surface area contributed by atoms with Crippen molar-refractivity contribution in [2.75, 3.05) is 39.3 Å². The average molecular weight is 490 g/mol. The smallest absolute Gasteiger partial charge is 0.253 e. The Morgan fingerprint density at radius 1 is 0.879 bits per heavy atom. The summed E-state index contributed by atoms with van der Waals surface area (Å²) in [4.78, 5) is 17.8. The molecule has 6 nitrogen and oxygen atoms in total. The molecule has 2 aromatic carbocycles. The van der Waals surface area contributed by atoms with Crippen LogP contribution in [0.4, 0.5) is 0 Å². The van der Waals surface area contributed by atoms with Crippen molar-refractivity contribution in [1.29, 1.82) is 0 Å². The number of hydrogen-bond donors (Lipinski definition) is 0. The van der Waals surface area contributed by atoms with Gasteiger partial charge in [0, 0.05) is 56.4 Å². The van der Waals surface area contributed by atoms with Crippen molar-refractivity contribution in [3.05, 3.63) is 64.2 Å². The highest BCUT2D eigenvalue weighted by atomic mass is 35.5. The van der Waals surface area contributed by atoms with Crippen molar-refractivity contribution in [2.45, 2.75) is 44.0 Å². The van der Waals surface area contributed by atoms with E-state index in [1.54, 1.807) is 29.4 Å². The topological polar surface area (TPSA) is 60.9 Å². The van der Waals surface area contributed by atoms with Crippen molar-refractivity contribution >= 4 is 27.5 Å². The van der Waals surface area contributed by atoms with Gasteiger partial charge in [0.1, 0.15) is 0 Å². The van der Waals surface area contributed by atoms with E-state index in [0.717, 1.165) is 50.3 Å². The summed E-state index contributed by atoms with van der Waals surface area (Å²) >= 11 is 5.99. The van der Waals surface area contributed by atoms with E-state index >= 15 is 0 Å². The standard InChI is InChI=1S/C25H32ClN3O3S/c1-20-6-9-22(18-24(20)33(31,32)29-14-3-2-4-15-29)25(30)28-13-5-12-27(16-17-28)19-21-7-10-23(26)11-8-21/h6-11,18H,2-5,12-17,19H2,1H3. The van der Waals surface area contributed by atoms with Gasteiger partial charge in [-0.2, -0.15) is 4.31 Å². The van der Waals surface area contributed by atoms with E-state index < -0.39 is 10.0 Å². The molecule has 2 saturated heterocycles. The predicted molar refractivity (Wildman–Crippen MR) is 131 cm³/mol. The van der Waals surface area contributed by atoms with Crippen LogP contribution < -0.4 is 0 Å². The zero-order chi connectivity index (χ0) is 23.4. The first kappa shape index (κ1) is 24.2. The van der Waals surface area contributed by atoms with Gasteiger partial charge in [-0.05, 0) is 61.6 Å². The molecule has 0 radical (unpaired) electrons. The Morgan fingerprint density at radius 2 is 1.61 bits per heavy atom. The lowest BCUT2D eigenvalue weighted by atomic mass is 10.1. The van der Waals surface area contributed by atoms with E-state index in [-0.39, 0.29) is 10.8 Å². The summed E-state index contributed by atoms with van der Waals surface area (Å²) < 4.78 is 28.0. The van der Waals surface area contributed by atoms with Crippen LogP contribution in [-0.4, -0.2) is 67.7 Å². The highest BCUT2D eigenvalue weighted by Gasteiger charge is 2.29. The summed E-state index contributed by atoms with van der Waals surface area (Å²) in [5, 5.41) is 0.728. The Labute approximate surface area is 202 Å². The fraction of sp³-hybridized carbons (Fsp3) is 0.480. The Morgan fingerprint density at radius 3 is 2.33 bits per heavy atom. The van der Waals surface area contributed by atoms with Crippen LogP contribution >= 0.6 is 11.6 Å². The number of rotatable bonds is 5. The number of nitrogens with zero attached hydrogens (tertiary/aromatic N) is 3. The Balaban J connectivity index is 1.45. The van der Waals surface area contributed by atoms with E-state index in [1.165, 1.54) is 5.56 Å². The van der Waals surface area contributed by atoms with Crippen LogP contribution in [0.2, 0.25) is 5.02 Å². The molecule has 178 valence electrons. The van der Waals surface area contributed by atoms with Gasteiger partial charge in [-0.15, -0.1) is 0 Å². The lowest BCUT2D eigenvalue weighted by Gasteiger charge is -2.27. The number of carbonyl (C=O) groups excluding carboxylic acids is 1. The molecular formula is C25H32ClN3O3S. The molecule has 1 amide bonds. The maximum atomic E-state index is 13.3. The van der Waals surface area contributed by atoms with Gasteiger partial charge in [-0.3, -0.25) is 9.69 Å². The van der Waals surface area contributed by atoms with Crippen LogP contribution in [-0.2, 0) is 16.6 Å². The van der Waals surface area contributed by atoms with Crippen LogP contribution in [0.25, 0.3) is 0 Å². The molecule has 0 aliphatic carbocycles. The van der Waals surface area contributed by atoms with Crippen LogP contribution in [0.5, 0.6) is 0 Å². The third kappa shape index (κ3) is 5.77. The first-order valence-electron chi connectivity index (χ1n) is 11.7. The van der Waals surface area contributed by atoms with Gasteiger partial charge in [-0.1, -0.05) is 36.2 Å². The number of hydrogen-bond acceptors (Lipinski definition) is 4. The minimum absolute atomic E-state index is 0.0987. The number of carbonyl (C=O) groups is 1. The second-order valence-electron chi connectivity index (χ2n) is 8.99. The second-order valence-corrected chi connectivity index (χ2v) is 11.3. The Hall–Kier alpha value is -1.93. The molecule has 0 atom stereocenters. The number of aryl methyl sites for hydroxylation is 1. The molecule has 0 aromatic heterocycles. The quantitative estimate of drug-likeness (QED) is 0.632. The zero-order valence-corrected chi connectivity index (χ0v) is 20.7. The van der Waals surface area contributed by atoms with Crippen molar-refractivity contribution in [3.63, 3.8) is 0 Å². The minimum Gasteiger partial charge on any atom is -0.337 e. The number of halogens is 1. The second kappa shape index (κ2) is 10.6. The van der Waals surface area contributed by atoms with Crippen molar-refractivity contribution < 1.29 is 13.2 Å². The summed E-state index contributed by atoms with van der Waals surface area (Å²) in [6.07, 6.45) is 3.71. The first-order valence-corrected chi connectivity index (χ1v) is 13.5. The lowest BCUT2D eigenvalue weighted by molar-refractivity contribution is 0.0761. The summed E-state index contributed by atoms with van der Waals surface area (Å²) in [6, 6.07) is 13.0. The average Bonchev–Trinajstić information content (AvgIpc) is 3.06. The van der Waals surface area contributed by atoms with Crippen LogP contribution in [0, 0.1) is 6.92 Å². The van der Waals surface area contributed by atoms with Gasteiger partial charge in [0.25, 0.3) is 5.91 Å².